The summed E-state index contributed by atoms with van der Waals surface area (Å²) in [6.07, 6.45) is 1.86. The van der Waals surface area contributed by atoms with Crippen molar-refractivity contribution in [3.8, 4) is 5.75 Å². The van der Waals surface area contributed by atoms with Gasteiger partial charge in [-0.1, -0.05) is 42.5 Å². The number of methoxy groups -OCH3 is 1. The Morgan fingerprint density at radius 1 is 1.17 bits per heavy atom. The molecule has 0 amide bonds. The Morgan fingerprint density at radius 2 is 1.83 bits per heavy atom. The van der Waals surface area contributed by atoms with Gasteiger partial charge in [0.1, 0.15) is 11.5 Å². The quantitative estimate of drug-likeness (QED) is 0.583. The molecular formula is C24H32N2O4. The second-order valence-corrected chi connectivity index (χ2v) is 7.82. The van der Waals surface area contributed by atoms with Gasteiger partial charge in [-0.25, -0.2) is 0 Å². The molecule has 0 aliphatic carbocycles. The van der Waals surface area contributed by atoms with E-state index in [-0.39, 0.29) is 5.78 Å². The van der Waals surface area contributed by atoms with E-state index in [1.54, 1.807) is 19.2 Å². The molecule has 0 saturated carbocycles. The van der Waals surface area contributed by atoms with Crippen molar-refractivity contribution in [2.24, 2.45) is 11.7 Å². The summed E-state index contributed by atoms with van der Waals surface area (Å²) in [5.41, 5.74) is 6.38. The van der Waals surface area contributed by atoms with E-state index >= 15 is 0 Å². The SMILES string of the molecule is COc1ccc(CCCC(=O)[C@@H](CN2CCOCC2)[C@](N)(O)c2ccccc2)cc1. The molecule has 0 aromatic heterocycles. The van der Waals surface area contributed by atoms with E-state index < -0.39 is 11.6 Å². The number of rotatable bonds is 10. The highest BCUT2D eigenvalue weighted by Crippen LogP contribution is 2.28. The lowest BCUT2D eigenvalue weighted by atomic mass is 9.84. The van der Waals surface area contributed by atoms with Crippen molar-refractivity contribution in [2.75, 3.05) is 40.0 Å². The van der Waals surface area contributed by atoms with E-state index in [1.807, 2.05) is 42.5 Å². The van der Waals surface area contributed by atoms with Crippen LogP contribution in [0.4, 0.5) is 0 Å². The molecule has 1 fully saturated rings. The maximum absolute atomic E-state index is 13.2. The number of ether oxygens (including phenoxy) is 2. The molecule has 6 heteroatoms. The van der Waals surface area contributed by atoms with Crippen LogP contribution in [0, 0.1) is 5.92 Å². The molecule has 0 spiro atoms. The Hall–Kier alpha value is -2.25. The molecule has 30 heavy (non-hydrogen) atoms. The molecule has 0 bridgehead atoms. The minimum atomic E-state index is -1.71. The standard InChI is InChI=1S/C24H32N2O4/c1-29-21-12-10-19(11-13-21)6-5-9-23(27)22(18-26-14-16-30-17-15-26)24(25,28)20-7-3-2-4-8-20/h2-4,7-8,10-13,22,28H,5-6,9,14-18,25H2,1H3/t22-,24-/m1/s1. The van der Waals surface area contributed by atoms with Gasteiger partial charge in [0.2, 0.25) is 0 Å². The number of hydrogen-bond acceptors (Lipinski definition) is 6. The highest BCUT2D eigenvalue weighted by atomic mass is 16.5. The number of carbonyl (C=O) groups is 1. The Morgan fingerprint density at radius 3 is 2.47 bits per heavy atom. The van der Waals surface area contributed by atoms with E-state index in [1.165, 1.54) is 0 Å². The van der Waals surface area contributed by atoms with Crippen molar-refractivity contribution in [1.82, 2.24) is 4.90 Å². The monoisotopic (exact) mass is 412 g/mol. The van der Waals surface area contributed by atoms with Crippen LogP contribution in [-0.4, -0.2) is 55.7 Å². The molecule has 1 aliphatic heterocycles. The van der Waals surface area contributed by atoms with Gasteiger partial charge in [-0.15, -0.1) is 0 Å². The predicted molar refractivity (Wildman–Crippen MR) is 116 cm³/mol. The maximum atomic E-state index is 13.2. The molecule has 0 radical (unpaired) electrons. The van der Waals surface area contributed by atoms with Crippen molar-refractivity contribution in [3.63, 3.8) is 0 Å². The van der Waals surface area contributed by atoms with Crippen LogP contribution in [0.15, 0.2) is 54.6 Å². The normalized spacial score (nSPS) is 17.8. The van der Waals surface area contributed by atoms with Crippen molar-refractivity contribution in [3.05, 3.63) is 65.7 Å². The number of aliphatic hydroxyl groups is 1. The summed E-state index contributed by atoms with van der Waals surface area (Å²) < 4.78 is 10.6. The zero-order chi connectivity index (χ0) is 21.4. The van der Waals surface area contributed by atoms with E-state index in [0.717, 1.165) is 30.8 Å². The molecule has 1 saturated heterocycles. The first-order valence-corrected chi connectivity index (χ1v) is 10.5. The molecule has 2 aromatic carbocycles. The van der Waals surface area contributed by atoms with Gasteiger partial charge in [0.15, 0.2) is 5.72 Å². The summed E-state index contributed by atoms with van der Waals surface area (Å²) >= 11 is 0. The summed E-state index contributed by atoms with van der Waals surface area (Å²) in [4.78, 5) is 15.4. The van der Waals surface area contributed by atoms with Gasteiger partial charge >= 0.3 is 0 Å². The average molecular weight is 413 g/mol. The summed E-state index contributed by atoms with van der Waals surface area (Å²) in [6, 6.07) is 16.9. The number of ketones is 1. The van der Waals surface area contributed by atoms with Crippen LogP contribution in [0.1, 0.15) is 24.0 Å². The molecule has 3 N–H and O–H groups in total. The predicted octanol–water partition coefficient (Wildman–Crippen LogP) is 2.34. The maximum Gasteiger partial charge on any atom is 0.150 e. The second-order valence-electron chi connectivity index (χ2n) is 7.82. The van der Waals surface area contributed by atoms with Gasteiger partial charge < -0.3 is 14.6 Å². The molecule has 1 heterocycles. The number of nitrogens with two attached hydrogens (primary N) is 1. The summed E-state index contributed by atoms with van der Waals surface area (Å²) in [5.74, 6) is 0.106. The third-order valence-corrected chi connectivity index (χ3v) is 5.75. The first-order valence-electron chi connectivity index (χ1n) is 10.5. The number of Topliss-reactive ketones (excluding diaryl/α,β-unsaturated/α-hetero) is 1. The topological polar surface area (TPSA) is 85.0 Å². The summed E-state index contributed by atoms with van der Waals surface area (Å²) in [5, 5.41) is 11.2. The van der Waals surface area contributed by atoms with Crippen LogP contribution < -0.4 is 10.5 Å². The Labute approximate surface area is 178 Å². The van der Waals surface area contributed by atoms with E-state index in [2.05, 4.69) is 4.90 Å². The zero-order valence-electron chi connectivity index (χ0n) is 17.6. The van der Waals surface area contributed by atoms with Crippen molar-refractivity contribution < 1.29 is 19.4 Å². The zero-order valence-corrected chi connectivity index (χ0v) is 17.6. The van der Waals surface area contributed by atoms with Crippen molar-refractivity contribution >= 4 is 5.78 Å². The van der Waals surface area contributed by atoms with Crippen LogP contribution in [-0.2, 0) is 21.7 Å². The number of hydrogen-bond donors (Lipinski definition) is 2. The van der Waals surface area contributed by atoms with Crippen molar-refractivity contribution in [1.29, 1.82) is 0 Å². The number of morpholine rings is 1. The van der Waals surface area contributed by atoms with Crippen LogP contribution >= 0.6 is 0 Å². The molecule has 6 nitrogen and oxygen atoms in total. The number of carbonyl (C=O) groups excluding carboxylic acids is 1. The largest absolute Gasteiger partial charge is 0.497 e. The summed E-state index contributed by atoms with van der Waals surface area (Å²) in [7, 11) is 1.64. The number of nitrogens with zero attached hydrogens (tertiary/aromatic N) is 1. The van der Waals surface area contributed by atoms with Gasteiger partial charge in [-0.05, 0) is 36.1 Å². The van der Waals surface area contributed by atoms with Gasteiger partial charge in [0.25, 0.3) is 0 Å². The Bertz CT molecular complexity index is 787. The smallest absolute Gasteiger partial charge is 0.150 e. The first-order chi connectivity index (χ1) is 14.5. The molecular weight excluding hydrogens is 380 g/mol. The van der Waals surface area contributed by atoms with Crippen molar-refractivity contribution in [2.45, 2.75) is 25.0 Å². The molecule has 3 rings (SSSR count). The molecule has 2 atom stereocenters. The highest BCUT2D eigenvalue weighted by Gasteiger charge is 2.40. The fourth-order valence-electron chi connectivity index (χ4n) is 3.87. The lowest BCUT2D eigenvalue weighted by Gasteiger charge is -2.37. The van der Waals surface area contributed by atoms with Crippen LogP contribution in [0.2, 0.25) is 0 Å². The molecule has 2 aromatic rings. The van der Waals surface area contributed by atoms with Gasteiger partial charge in [-0.2, -0.15) is 0 Å². The third kappa shape index (κ3) is 5.89. The molecule has 0 unspecified atom stereocenters. The van der Waals surface area contributed by atoms with Gasteiger partial charge in [-0.3, -0.25) is 15.4 Å². The van der Waals surface area contributed by atoms with E-state index in [9.17, 15) is 9.90 Å². The van der Waals surface area contributed by atoms with Gasteiger partial charge in [0, 0.05) is 26.1 Å². The van der Waals surface area contributed by atoms with E-state index in [0.29, 0.717) is 38.2 Å². The first kappa shape index (κ1) is 22.4. The van der Waals surface area contributed by atoms with E-state index in [4.69, 9.17) is 15.2 Å². The minimum Gasteiger partial charge on any atom is -0.497 e. The number of aryl methyl sites for hydroxylation is 1. The fraction of sp³-hybridized carbons (Fsp3) is 0.458. The second kappa shape index (κ2) is 10.7. The van der Waals surface area contributed by atoms with Gasteiger partial charge in [0.05, 0.1) is 26.2 Å². The molecule has 162 valence electrons. The fourth-order valence-corrected chi connectivity index (χ4v) is 3.87. The highest BCUT2D eigenvalue weighted by molar-refractivity contribution is 5.82. The average Bonchev–Trinajstić information content (AvgIpc) is 2.79. The van der Waals surface area contributed by atoms with Crippen LogP contribution in [0.5, 0.6) is 5.75 Å². The summed E-state index contributed by atoms with van der Waals surface area (Å²) in [6.45, 7) is 3.16. The number of benzene rings is 2. The lowest BCUT2D eigenvalue weighted by Crippen LogP contribution is -2.53. The Balaban J connectivity index is 1.67. The Kier molecular flexibility index (Phi) is 7.99. The lowest BCUT2D eigenvalue weighted by molar-refractivity contribution is -0.135. The third-order valence-electron chi connectivity index (χ3n) is 5.75. The molecule has 1 aliphatic rings. The van der Waals surface area contributed by atoms with Crippen LogP contribution in [0.3, 0.4) is 0 Å². The van der Waals surface area contributed by atoms with Crippen LogP contribution in [0.25, 0.3) is 0 Å². The minimum absolute atomic E-state index is 0.0103.